The molecule has 3 N–H and O–H groups in total. The Hall–Kier alpha value is -3.36. The molecular weight excluding hydrogens is 553 g/mol. The van der Waals surface area contributed by atoms with Crippen molar-refractivity contribution in [2.45, 2.75) is 10.6 Å². The molecular formula is C20H15BrFN5O5S2. The number of anilines is 3. The van der Waals surface area contributed by atoms with Crippen LogP contribution in [0.4, 0.5) is 26.4 Å². The summed E-state index contributed by atoms with van der Waals surface area (Å²) in [6.07, 6.45) is 1.16. The zero-order valence-corrected chi connectivity index (χ0v) is 20.5. The third-order valence-corrected chi connectivity index (χ3v) is 8.11. The number of rotatable bonds is 5. The Kier molecular flexibility index (Phi) is 6.38. The van der Waals surface area contributed by atoms with E-state index in [1.54, 1.807) is 23.9 Å². The van der Waals surface area contributed by atoms with E-state index in [1.165, 1.54) is 18.3 Å². The first-order chi connectivity index (χ1) is 16.1. The van der Waals surface area contributed by atoms with Crippen LogP contribution in [0.25, 0.3) is 0 Å². The van der Waals surface area contributed by atoms with Crippen molar-refractivity contribution in [3.63, 3.8) is 0 Å². The Labute approximate surface area is 205 Å². The van der Waals surface area contributed by atoms with Gasteiger partial charge in [-0.25, -0.2) is 27.8 Å². The van der Waals surface area contributed by atoms with Gasteiger partial charge in [-0.1, -0.05) is 11.3 Å². The summed E-state index contributed by atoms with van der Waals surface area (Å²) < 4.78 is 39.4. The number of hydrogen-bond donors (Lipinski definition) is 3. The Bertz CT molecular complexity index is 1430. The van der Waals surface area contributed by atoms with Gasteiger partial charge < -0.3 is 10.6 Å². The van der Waals surface area contributed by atoms with Crippen LogP contribution in [-0.4, -0.2) is 38.3 Å². The fraction of sp³-hybridized carbons (Fsp3) is 0.100. The van der Waals surface area contributed by atoms with E-state index < -0.39 is 33.0 Å². The second-order valence-electron chi connectivity index (χ2n) is 6.97. The molecule has 3 heterocycles. The second kappa shape index (κ2) is 9.12. The van der Waals surface area contributed by atoms with E-state index in [0.717, 1.165) is 22.7 Å². The summed E-state index contributed by atoms with van der Waals surface area (Å²) in [7, 11) is -2.52. The minimum atomic E-state index is -4.25. The van der Waals surface area contributed by atoms with Crippen molar-refractivity contribution in [1.82, 2.24) is 9.71 Å². The lowest BCUT2D eigenvalue weighted by molar-refractivity contribution is -0.117. The number of thiophene rings is 1. The quantitative estimate of drug-likeness (QED) is 0.402. The number of benzene rings is 1. The van der Waals surface area contributed by atoms with Gasteiger partial charge in [-0.2, -0.15) is 4.39 Å². The molecule has 0 atom stereocenters. The minimum Gasteiger partial charge on any atom is -0.387 e. The number of halogens is 2. The van der Waals surface area contributed by atoms with Crippen LogP contribution in [0.5, 0.6) is 0 Å². The number of aromatic nitrogens is 1. The first kappa shape index (κ1) is 23.8. The largest absolute Gasteiger partial charge is 0.387 e. The average Bonchev–Trinajstić information content (AvgIpc) is 3.22. The first-order valence-electron chi connectivity index (χ1n) is 9.51. The highest BCUT2D eigenvalue weighted by Gasteiger charge is 2.33. The zero-order chi connectivity index (χ0) is 24.6. The first-order valence-corrected chi connectivity index (χ1v) is 12.6. The molecule has 4 amide bonds. The van der Waals surface area contributed by atoms with Crippen LogP contribution < -0.4 is 20.3 Å². The van der Waals surface area contributed by atoms with Gasteiger partial charge in [0.05, 0.1) is 18.3 Å². The standard InChI is InChI=1S/C20H15BrFN5O5S2/c1-23-14-6-10-7-17(28)27(19(29)12(10)8-13(14)21)16-4-2-11(9-24-16)25-20(30)26-34(31,32)18-5-3-15(22)33-18/h2-6,8-9,23H,7H2,1H3,(H2,25,26,30). The molecule has 0 saturated carbocycles. The van der Waals surface area contributed by atoms with Crippen molar-refractivity contribution in [2.75, 3.05) is 22.6 Å². The van der Waals surface area contributed by atoms with Crippen LogP contribution in [0.1, 0.15) is 15.9 Å². The molecule has 0 spiro atoms. The number of amides is 4. The number of hydrogen-bond acceptors (Lipinski definition) is 8. The van der Waals surface area contributed by atoms with Crippen LogP contribution in [-0.2, 0) is 21.2 Å². The molecule has 0 aliphatic carbocycles. The maximum absolute atomic E-state index is 13.1. The average molecular weight is 568 g/mol. The smallest absolute Gasteiger partial charge is 0.333 e. The molecule has 0 saturated heterocycles. The van der Waals surface area contributed by atoms with Crippen LogP contribution in [0.15, 0.2) is 51.3 Å². The topological polar surface area (TPSA) is 138 Å². The van der Waals surface area contributed by atoms with E-state index >= 15 is 0 Å². The molecule has 0 radical (unpaired) electrons. The lowest BCUT2D eigenvalue weighted by atomic mass is 9.97. The lowest BCUT2D eigenvalue weighted by Crippen LogP contribution is -2.43. The molecule has 1 aliphatic rings. The van der Waals surface area contributed by atoms with Crippen molar-refractivity contribution in [3.8, 4) is 0 Å². The van der Waals surface area contributed by atoms with Gasteiger partial charge >= 0.3 is 6.03 Å². The highest BCUT2D eigenvalue weighted by Crippen LogP contribution is 2.32. The van der Waals surface area contributed by atoms with Crippen LogP contribution in [0, 0.1) is 5.13 Å². The normalized spacial score (nSPS) is 13.4. The summed E-state index contributed by atoms with van der Waals surface area (Å²) in [6.45, 7) is 0. The van der Waals surface area contributed by atoms with Crippen molar-refractivity contribution in [1.29, 1.82) is 0 Å². The van der Waals surface area contributed by atoms with Crippen LogP contribution in [0.2, 0.25) is 0 Å². The number of sulfonamides is 1. The molecule has 2 aromatic heterocycles. The number of fused-ring (bicyclic) bond motifs is 1. The fourth-order valence-electron chi connectivity index (χ4n) is 3.23. The Morgan fingerprint density at radius 3 is 2.59 bits per heavy atom. The van der Waals surface area contributed by atoms with Gasteiger partial charge in [0.1, 0.15) is 10.0 Å². The van der Waals surface area contributed by atoms with E-state index in [4.69, 9.17) is 0 Å². The molecule has 0 unspecified atom stereocenters. The predicted molar refractivity (Wildman–Crippen MR) is 127 cm³/mol. The number of urea groups is 1. The summed E-state index contributed by atoms with van der Waals surface area (Å²) in [6, 6.07) is 6.97. The fourth-order valence-corrected chi connectivity index (χ4v) is 5.68. The van der Waals surface area contributed by atoms with Crippen molar-refractivity contribution in [2.24, 2.45) is 0 Å². The van der Waals surface area contributed by atoms with Crippen molar-refractivity contribution >= 4 is 72.3 Å². The van der Waals surface area contributed by atoms with Gasteiger partial charge in [-0.3, -0.25) is 9.59 Å². The van der Waals surface area contributed by atoms with Crippen molar-refractivity contribution < 1.29 is 27.2 Å². The second-order valence-corrected chi connectivity index (χ2v) is 10.8. The summed E-state index contributed by atoms with van der Waals surface area (Å²) in [5, 5.41) is 4.55. The third kappa shape index (κ3) is 4.64. The van der Waals surface area contributed by atoms with E-state index in [-0.39, 0.29) is 22.1 Å². The monoisotopic (exact) mass is 567 g/mol. The van der Waals surface area contributed by atoms with E-state index in [2.05, 4.69) is 31.5 Å². The molecule has 176 valence electrons. The summed E-state index contributed by atoms with van der Waals surface area (Å²) >= 11 is 3.76. The van der Waals surface area contributed by atoms with Crippen LogP contribution in [0.3, 0.4) is 0 Å². The molecule has 14 heteroatoms. The van der Waals surface area contributed by atoms with Gasteiger partial charge in [-0.05, 0) is 57.9 Å². The number of pyridine rings is 1. The summed E-state index contributed by atoms with van der Waals surface area (Å²) in [5.41, 5.74) is 1.78. The summed E-state index contributed by atoms with van der Waals surface area (Å²) in [5.74, 6) is -0.973. The number of nitrogens with zero attached hydrogens (tertiary/aromatic N) is 2. The Balaban J connectivity index is 1.49. The predicted octanol–water partition coefficient (Wildman–Crippen LogP) is 3.33. The van der Waals surface area contributed by atoms with Gasteiger partial charge in [0, 0.05) is 22.8 Å². The maximum Gasteiger partial charge on any atom is 0.333 e. The van der Waals surface area contributed by atoms with Gasteiger partial charge in [0.15, 0.2) is 5.13 Å². The van der Waals surface area contributed by atoms with Gasteiger partial charge in [0.2, 0.25) is 5.91 Å². The molecule has 0 fully saturated rings. The number of carbonyl (C=O) groups is 3. The van der Waals surface area contributed by atoms with E-state index in [0.29, 0.717) is 26.9 Å². The summed E-state index contributed by atoms with van der Waals surface area (Å²) in [4.78, 5) is 42.7. The lowest BCUT2D eigenvalue weighted by Gasteiger charge is -2.26. The van der Waals surface area contributed by atoms with E-state index in [9.17, 15) is 27.2 Å². The van der Waals surface area contributed by atoms with Gasteiger partial charge in [0.25, 0.3) is 15.9 Å². The third-order valence-electron chi connectivity index (χ3n) is 4.76. The van der Waals surface area contributed by atoms with E-state index in [1.807, 2.05) is 0 Å². The maximum atomic E-state index is 13.1. The Morgan fingerprint density at radius 1 is 1.21 bits per heavy atom. The molecule has 1 aliphatic heterocycles. The Morgan fingerprint density at radius 2 is 1.97 bits per heavy atom. The molecule has 3 aromatic rings. The van der Waals surface area contributed by atoms with Crippen LogP contribution >= 0.6 is 27.3 Å². The highest BCUT2D eigenvalue weighted by molar-refractivity contribution is 9.10. The minimum absolute atomic E-state index is 0.00566. The SMILES string of the molecule is CNc1cc2c(cc1Br)C(=O)N(c1ccc(NC(=O)NS(=O)(=O)c3ccc(F)s3)cn1)C(=O)C2. The number of imide groups is 1. The van der Waals surface area contributed by atoms with Crippen molar-refractivity contribution in [3.05, 3.63) is 63.3 Å². The molecule has 10 nitrogen and oxygen atoms in total. The molecule has 4 rings (SSSR count). The number of nitrogens with one attached hydrogen (secondary N) is 3. The molecule has 0 bridgehead atoms. The molecule has 1 aromatic carbocycles. The number of carbonyl (C=O) groups excluding carboxylic acids is 3. The molecule has 34 heavy (non-hydrogen) atoms. The zero-order valence-electron chi connectivity index (χ0n) is 17.3. The highest BCUT2D eigenvalue weighted by atomic mass is 79.9. The van der Waals surface area contributed by atoms with Gasteiger partial charge in [-0.15, -0.1) is 0 Å².